The van der Waals surface area contributed by atoms with Gasteiger partial charge in [0, 0.05) is 12.5 Å². The third-order valence-electron chi connectivity index (χ3n) is 5.71. The van der Waals surface area contributed by atoms with Crippen molar-refractivity contribution in [3.8, 4) is 22.6 Å². The molecule has 3 aromatic carbocycles. The molecule has 1 aliphatic carbocycles. The molecule has 0 saturated heterocycles. The predicted molar refractivity (Wildman–Crippen MR) is 119 cm³/mol. The highest BCUT2D eigenvalue weighted by Crippen LogP contribution is 2.44. The summed E-state index contributed by atoms with van der Waals surface area (Å²) < 4.78 is 10.4. The number of phenols is 1. The number of amides is 1. The van der Waals surface area contributed by atoms with E-state index < -0.39 is 18.3 Å². The van der Waals surface area contributed by atoms with Gasteiger partial charge >= 0.3 is 6.09 Å². The molecule has 166 valence electrons. The zero-order valence-electron chi connectivity index (χ0n) is 17.6. The maximum atomic E-state index is 12.2. The topological polar surface area (TPSA) is 108 Å². The lowest BCUT2D eigenvalue weighted by atomic mass is 9.98. The van der Waals surface area contributed by atoms with Crippen LogP contribution in [0.4, 0.5) is 4.79 Å². The van der Waals surface area contributed by atoms with E-state index in [1.807, 2.05) is 36.4 Å². The number of carbonyl (C=O) groups excluding carboxylic acids is 1. The van der Waals surface area contributed by atoms with Crippen LogP contribution in [-0.2, 0) is 4.74 Å². The zero-order chi connectivity index (χ0) is 22.7. The van der Waals surface area contributed by atoms with Crippen molar-refractivity contribution in [3.63, 3.8) is 0 Å². The molecule has 1 aliphatic rings. The fourth-order valence-corrected chi connectivity index (χ4v) is 4.06. The Balaban J connectivity index is 1.33. The molecule has 0 saturated carbocycles. The number of rotatable bonds is 7. The summed E-state index contributed by atoms with van der Waals surface area (Å²) in [6.45, 7) is -0.0600. The van der Waals surface area contributed by atoms with Crippen LogP contribution in [0.1, 0.15) is 28.7 Å². The Labute approximate surface area is 185 Å². The number of aromatic hydroxyl groups is 1. The molecular weight excluding hydrogens is 410 g/mol. The Morgan fingerprint density at radius 3 is 2.22 bits per heavy atom. The maximum absolute atomic E-state index is 12.2. The Morgan fingerprint density at radius 1 is 1.00 bits per heavy atom. The number of fused-ring (bicyclic) bond motifs is 3. The van der Waals surface area contributed by atoms with Crippen molar-refractivity contribution >= 4 is 6.09 Å². The third-order valence-corrected chi connectivity index (χ3v) is 5.71. The number of hydrogen-bond donors (Lipinski definition) is 4. The average molecular weight is 435 g/mol. The first-order valence-electron chi connectivity index (χ1n) is 10.3. The maximum Gasteiger partial charge on any atom is 0.407 e. The molecule has 2 unspecified atom stereocenters. The Hall–Kier alpha value is -3.55. The Morgan fingerprint density at radius 2 is 1.62 bits per heavy atom. The molecule has 7 heteroatoms. The first-order chi connectivity index (χ1) is 15.5. The molecule has 0 heterocycles. The van der Waals surface area contributed by atoms with Crippen LogP contribution in [0.15, 0.2) is 66.7 Å². The molecule has 0 radical (unpaired) electrons. The monoisotopic (exact) mass is 435 g/mol. The van der Waals surface area contributed by atoms with Crippen LogP contribution in [-0.4, -0.2) is 47.8 Å². The lowest BCUT2D eigenvalue weighted by molar-refractivity contribution is 0.0184. The van der Waals surface area contributed by atoms with Crippen LogP contribution in [0.25, 0.3) is 11.1 Å². The summed E-state index contributed by atoms with van der Waals surface area (Å²) in [6.07, 6.45) is -3.28. The number of phenolic OH excluding ortho intramolecular Hbond substituents is 1. The van der Waals surface area contributed by atoms with E-state index in [0.717, 1.165) is 22.3 Å². The van der Waals surface area contributed by atoms with Crippen LogP contribution in [0.3, 0.4) is 0 Å². The van der Waals surface area contributed by atoms with Gasteiger partial charge in [0.15, 0.2) is 11.5 Å². The minimum atomic E-state index is -1.30. The van der Waals surface area contributed by atoms with Gasteiger partial charge in [0.05, 0.1) is 7.11 Å². The summed E-state index contributed by atoms with van der Waals surface area (Å²) in [6, 6.07) is 20.4. The van der Waals surface area contributed by atoms with Gasteiger partial charge in [-0.3, -0.25) is 0 Å². The number of aliphatic hydroxyl groups is 2. The van der Waals surface area contributed by atoms with Gasteiger partial charge in [-0.15, -0.1) is 0 Å². The van der Waals surface area contributed by atoms with Crippen LogP contribution in [0.2, 0.25) is 0 Å². The standard InChI is InChI=1S/C25H25NO6/c1-31-23-11-10-15(12-21(23)27)24(29)22(28)13-26-25(30)32-14-20-18-8-4-2-6-16(18)17-7-3-5-9-19(17)20/h2-12,20,22,24,27-29H,13-14H2,1H3,(H,26,30). The number of alkyl carbamates (subject to hydrolysis) is 1. The zero-order valence-corrected chi connectivity index (χ0v) is 17.6. The van der Waals surface area contributed by atoms with Gasteiger partial charge in [-0.2, -0.15) is 0 Å². The Kier molecular flexibility index (Phi) is 6.30. The molecule has 2 atom stereocenters. The van der Waals surface area contributed by atoms with Gasteiger partial charge in [-0.1, -0.05) is 54.6 Å². The second-order valence-electron chi connectivity index (χ2n) is 7.65. The highest BCUT2D eigenvalue weighted by molar-refractivity contribution is 5.79. The van der Waals surface area contributed by atoms with Crippen molar-refractivity contribution in [2.24, 2.45) is 0 Å². The average Bonchev–Trinajstić information content (AvgIpc) is 3.14. The van der Waals surface area contributed by atoms with E-state index >= 15 is 0 Å². The molecule has 1 amide bonds. The van der Waals surface area contributed by atoms with Gasteiger partial charge < -0.3 is 30.1 Å². The molecule has 0 fully saturated rings. The van der Waals surface area contributed by atoms with Gasteiger partial charge in [0.2, 0.25) is 0 Å². The summed E-state index contributed by atoms with van der Waals surface area (Å²) in [4.78, 5) is 12.2. The molecule has 3 aromatic rings. The fourth-order valence-electron chi connectivity index (χ4n) is 4.06. The van der Waals surface area contributed by atoms with Crippen molar-refractivity contribution in [1.82, 2.24) is 5.32 Å². The highest BCUT2D eigenvalue weighted by Gasteiger charge is 2.29. The summed E-state index contributed by atoms with van der Waals surface area (Å²) in [5.74, 6) is 0.0406. The van der Waals surface area contributed by atoms with Crippen LogP contribution in [0, 0.1) is 0 Å². The van der Waals surface area contributed by atoms with E-state index in [1.165, 1.54) is 25.3 Å². The number of aliphatic hydroxyl groups excluding tert-OH is 2. The van der Waals surface area contributed by atoms with Gasteiger partial charge in [-0.05, 0) is 39.9 Å². The minimum absolute atomic E-state index is 0.0639. The van der Waals surface area contributed by atoms with Crippen molar-refractivity contribution in [2.75, 3.05) is 20.3 Å². The molecule has 0 spiro atoms. The van der Waals surface area contributed by atoms with Gasteiger partial charge in [0.1, 0.15) is 18.8 Å². The lowest BCUT2D eigenvalue weighted by Crippen LogP contribution is -2.36. The molecular formula is C25H25NO6. The fraction of sp³-hybridized carbons (Fsp3) is 0.240. The molecule has 7 nitrogen and oxygen atoms in total. The number of benzene rings is 3. The number of ether oxygens (including phenoxy) is 2. The number of hydrogen-bond acceptors (Lipinski definition) is 6. The number of nitrogens with one attached hydrogen (secondary N) is 1. The second-order valence-corrected chi connectivity index (χ2v) is 7.65. The van der Waals surface area contributed by atoms with Crippen molar-refractivity contribution in [1.29, 1.82) is 0 Å². The van der Waals surface area contributed by atoms with E-state index in [-0.39, 0.29) is 30.6 Å². The smallest absolute Gasteiger partial charge is 0.407 e. The molecule has 32 heavy (non-hydrogen) atoms. The van der Waals surface area contributed by atoms with Crippen LogP contribution >= 0.6 is 0 Å². The largest absolute Gasteiger partial charge is 0.504 e. The van der Waals surface area contributed by atoms with E-state index in [2.05, 4.69) is 17.4 Å². The van der Waals surface area contributed by atoms with E-state index in [4.69, 9.17) is 9.47 Å². The predicted octanol–water partition coefficient (Wildman–Crippen LogP) is 3.33. The third kappa shape index (κ3) is 4.26. The SMILES string of the molecule is COc1ccc(C(O)C(O)CNC(=O)OCC2c3ccccc3-c3ccccc32)cc1O. The van der Waals surface area contributed by atoms with Crippen LogP contribution in [0.5, 0.6) is 11.5 Å². The quantitative estimate of drug-likeness (QED) is 0.453. The molecule has 4 N–H and O–H groups in total. The lowest BCUT2D eigenvalue weighted by Gasteiger charge is -2.20. The van der Waals surface area contributed by atoms with E-state index in [0.29, 0.717) is 5.56 Å². The van der Waals surface area contributed by atoms with Crippen molar-refractivity contribution in [3.05, 3.63) is 83.4 Å². The van der Waals surface area contributed by atoms with Gasteiger partial charge in [0.25, 0.3) is 0 Å². The number of carbonyl (C=O) groups is 1. The Bertz CT molecular complexity index is 1070. The highest BCUT2D eigenvalue weighted by atomic mass is 16.5. The summed E-state index contributed by atoms with van der Waals surface area (Å²) in [5.41, 5.74) is 4.79. The van der Waals surface area contributed by atoms with Crippen LogP contribution < -0.4 is 10.1 Å². The normalized spacial score (nSPS) is 14.2. The summed E-state index contributed by atoms with van der Waals surface area (Å²) >= 11 is 0. The molecule has 4 rings (SSSR count). The number of methoxy groups -OCH3 is 1. The first-order valence-corrected chi connectivity index (χ1v) is 10.3. The molecule has 0 aliphatic heterocycles. The van der Waals surface area contributed by atoms with E-state index in [9.17, 15) is 20.1 Å². The summed E-state index contributed by atoms with van der Waals surface area (Å²) in [5, 5.41) is 32.9. The van der Waals surface area contributed by atoms with E-state index in [1.54, 1.807) is 0 Å². The molecule has 0 aromatic heterocycles. The minimum Gasteiger partial charge on any atom is -0.504 e. The van der Waals surface area contributed by atoms with Crippen molar-refractivity contribution < 1.29 is 29.6 Å². The van der Waals surface area contributed by atoms with Crippen molar-refractivity contribution in [2.45, 2.75) is 18.1 Å². The first kappa shape index (κ1) is 21.7. The second kappa shape index (κ2) is 9.30. The summed E-state index contributed by atoms with van der Waals surface area (Å²) in [7, 11) is 1.41. The molecule has 0 bridgehead atoms. The van der Waals surface area contributed by atoms with Gasteiger partial charge in [-0.25, -0.2) is 4.79 Å².